The van der Waals surface area contributed by atoms with E-state index in [1.807, 2.05) is 13.8 Å². The van der Waals surface area contributed by atoms with Crippen LogP contribution in [0.5, 0.6) is 0 Å². The Morgan fingerprint density at radius 2 is 1.62 bits per heavy atom. The molecule has 0 spiro atoms. The Bertz CT molecular complexity index is 881. The number of carboxylic acid groups (broad SMARTS) is 3. The van der Waals surface area contributed by atoms with Crippen LogP contribution in [0.15, 0.2) is 0 Å². The van der Waals surface area contributed by atoms with E-state index in [2.05, 4.69) is 16.0 Å². The van der Waals surface area contributed by atoms with Crippen LogP contribution in [0.4, 0.5) is 0 Å². The van der Waals surface area contributed by atoms with Crippen LogP contribution in [0, 0.1) is 5.92 Å². The Morgan fingerprint density at radius 3 is 2.13 bits per heavy atom. The molecule has 1 rings (SSSR count). The molecule has 222 valence electrons. The summed E-state index contributed by atoms with van der Waals surface area (Å²) in [6, 6.07) is -3.90. The lowest BCUT2D eigenvalue weighted by Crippen LogP contribution is -2.59. The van der Waals surface area contributed by atoms with Crippen LogP contribution in [-0.2, 0) is 33.5 Å². The summed E-state index contributed by atoms with van der Waals surface area (Å²) in [4.78, 5) is 74.0. The van der Waals surface area contributed by atoms with E-state index in [1.165, 1.54) is 12.0 Å². The smallest absolute Gasteiger partial charge is 0.326 e. The molecule has 0 radical (unpaired) electrons. The molecule has 0 aromatic rings. The molecule has 14 nitrogen and oxygen atoms in total. The monoisotopic (exact) mass is 558 g/mol. The standard InChI is InChI=1S/C25H42N4O10/c1-14(2)12-16(26-3)23(35)28-15(7-10-21(31)32)24(36)29-11-5-6-19(39-4)18(29)8-9-20(30)27-17(25(37)38)13-22(33)34/h14-19,26H,5-13H2,1-4H3,(H,27,30)(H,28,35)(H,31,32)(H,33,34)(H,37,38)/t15-,16+,17-,18+,19+/m0/s1. The van der Waals surface area contributed by atoms with Crippen molar-refractivity contribution in [2.24, 2.45) is 5.92 Å². The zero-order valence-corrected chi connectivity index (χ0v) is 23.0. The quantitative estimate of drug-likeness (QED) is 0.138. The Balaban J connectivity index is 3.08. The fraction of sp³-hybridized carbons (Fsp3) is 0.760. The van der Waals surface area contributed by atoms with Crippen LogP contribution in [0.1, 0.15) is 65.2 Å². The van der Waals surface area contributed by atoms with E-state index >= 15 is 0 Å². The van der Waals surface area contributed by atoms with Crippen molar-refractivity contribution in [1.82, 2.24) is 20.9 Å². The summed E-state index contributed by atoms with van der Waals surface area (Å²) < 4.78 is 5.56. The van der Waals surface area contributed by atoms with E-state index in [0.29, 0.717) is 25.8 Å². The lowest BCUT2D eigenvalue weighted by atomic mass is 9.93. The molecular weight excluding hydrogens is 516 g/mol. The lowest BCUT2D eigenvalue weighted by Gasteiger charge is -2.42. The van der Waals surface area contributed by atoms with Crippen molar-refractivity contribution in [3.63, 3.8) is 0 Å². The van der Waals surface area contributed by atoms with Gasteiger partial charge in [0, 0.05) is 26.5 Å². The molecule has 1 heterocycles. The molecular formula is C25H42N4O10. The van der Waals surface area contributed by atoms with Crippen LogP contribution in [0.2, 0.25) is 0 Å². The van der Waals surface area contributed by atoms with Gasteiger partial charge in [-0.05, 0) is 45.1 Å². The zero-order chi connectivity index (χ0) is 29.7. The summed E-state index contributed by atoms with van der Waals surface area (Å²) >= 11 is 0. The largest absolute Gasteiger partial charge is 0.481 e. The summed E-state index contributed by atoms with van der Waals surface area (Å²) in [5, 5.41) is 35.1. The molecule has 0 saturated carbocycles. The number of hydrogen-bond donors (Lipinski definition) is 6. The first-order valence-electron chi connectivity index (χ1n) is 13.1. The number of amides is 3. The van der Waals surface area contributed by atoms with Crippen LogP contribution < -0.4 is 16.0 Å². The number of piperidine rings is 1. The van der Waals surface area contributed by atoms with Gasteiger partial charge in [-0.2, -0.15) is 0 Å². The Labute approximate surface area is 227 Å². The molecule has 1 saturated heterocycles. The van der Waals surface area contributed by atoms with Gasteiger partial charge >= 0.3 is 17.9 Å². The minimum absolute atomic E-state index is 0.0849. The normalized spacial score (nSPS) is 19.6. The van der Waals surface area contributed by atoms with Crippen molar-refractivity contribution in [3.8, 4) is 0 Å². The van der Waals surface area contributed by atoms with Gasteiger partial charge in [-0.1, -0.05) is 13.8 Å². The predicted octanol–water partition coefficient (Wildman–Crippen LogP) is -0.200. The summed E-state index contributed by atoms with van der Waals surface area (Å²) in [7, 11) is 3.09. The second-order valence-corrected chi connectivity index (χ2v) is 10.1. The molecule has 0 aliphatic carbocycles. The highest BCUT2D eigenvalue weighted by atomic mass is 16.5. The van der Waals surface area contributed by atoms with Gasteiger partial charge in [0.25, 0.3) is 0 Å². The third-order valence-corrected chi connectivity index (χ3v) is 6.62. The maximum absolute atomic E-state index is 13.7. The Kier molecular flexibility index (Phi) is 14.4. The van der Waals surface area contributed by atoms with Crippen molar-refractivity contribution in [1.29, 1.82) is 0 Å². The first-order chi connectivity index (χ1) is 18.3. The Morgan fingerprint density at radius 1 is 0.949 bits per heavy atom. The van der Waals surface area contributed by atoms with Gasteiger partial charge in [0.05, 0.1) is 24.6 Å². The van der Waals surface area contributed by atoms with E-state index in [9.17, 15) is 39.0 Å². The number of aliphatic carboxylic acids is 3. The summed E-state index contributed by atoms with van der Waals surface area (Å²) in [5.74, 6) is -5.41. The second kappa shape index (κ2) is 16.6. The minimum Gasteiger partial charge on any atom is -0.481 e. The number of nitrogens with one attached hydrogen (secondary N) is 3. The summed E-state index contributed by atoms with van der Waals surface area (Å²) in [6.07, 6.45) is -0.160. The van der Waals surface area contributed by atoms with E-state index in [4.69, 9.17) is 9.84 Å². The maximum atomic E-state index is 13.7. The fourth-order valence-electron chi connectivity index (χ4n) is 4.66. The number of ether oxygens (including phenoxy) is 1. The van der Waals surface area contributed by atoms with Crippen molar-refractivity contribution in [3.05, 3.63) is 0 Å². The molecule has 0 aromatic carbocycles. The van der Waals surface area contributed by atoms with Gasteiger partial charge in [-0.15, -0.1) is 0 Å². The first kappa shape index (κ1) is 33.8. The molecule has 1 fully saturated rings. The number of likely N-dealkylation sites (N-methyl/N-ethyl adjacent to an activating group) is 1. The van der Waals surface area contributed by atoms with Crippen molar-refractivity contribution < 1.29 is 48.8 Å². The van der Waals surface area contributed by atoms with Crippen molar-refractivity contribution in [2.45, 2.75) is 95.5 Å². The molecule has 0 bridgehead atoms. The van der Waals surface area contributed by atoms with Gasteiger partial charge in [0.15, 0.2) is 0 Å². The van der Waals surface area contributed by atoms with Crippen LogP contribution >= 0.6 is 0 Å². The minimum atomic E-state index is -1.60. The average Bonchev–Trinajstić information content (AvgIpc) is 2.86. The Hall–Kier alpha value is -3.26. The van der Waals surface area contributed by atoms with Crippen molar-refractivity contribution >= 4 is 35.6 Å². The van der Waals surface area contributed by atoms with E-state index < -0.39 is 72.3 Å². The van der Waals surface area contributed by atoms with E-state index in [0.717, 1.165) is 0 Å². The van der Waals surface area contributed by atoms with Crippen LogP contribution in [0.3, 0.4) is 0 Å². The second-order valence-electron chi connectivity index (χ2n) is 10.1. The third kappa shape index (κ3) is 11.6. The molecule has 1 aliphatic heterocycles. The first-order valence-corrected chi connectivity index (χ1v) is 13.1. The maximum Gasteiger partial charge on any atom is 0.326 e. The van der Waals surface area contributed by atoms with E-state index in [-0.39, 0.29) is 31.6 Å². The highest BCUT2D eigenvalue weighted by molar-refractivity contribution is 5.90. The predicted molar refractivity (Wildman–Crippen MR) is 138 cm³/mol. The number of nitrogens with zero attached hydrogens (tertiary/aromatic N) is 1. The molecule has 3 amide bonds. The molecule has 5 atom stereocenters. The highest BCUT2D eigenvalue weighted by Crippen LogP contribution is 2.25. The van der Waals surface area contributed by atoms with Gasteiger partial charge in [-0.3, -0.25) is 24.0 Å². The number of carboxylic acids is 3. The van der Waals surface area contributed by atoms with E-state index in [1.54, 1.807) is 7.05 Å². The molecule has 0 unspecified atom stereocenters. The summed E-state index contributed by atoms with van der Waals surface area (Å²) in [5.41, 5.74) is 0. The number of carbonyl (C=O) groups is 6. The van der Waals surface area contributed by atoms with Gasteiger partial charge in [-0.25, -0.2) is 4.79 Å². The lowest BCUT2D eigenvalue weighted by molar-refractivity contribution is -0.147. The molecule has 39 heavy (non-hydrogen) atoms. The number of methoxy groups -OCH3 is 1. The molecule has 1 aliphatic rings. The molecule has 14 heteroatoms. The molecule has 0 aromatic heterocycles. The topological polar surface area (TPSA) is 212 Å². The van der Waals surface area contributed by atoms with Gasteiger partial charge < -0.3 is 40.9 Å². The fourth-order valence-corrected chi connectivity index (χ4v) is 4.66. The zero-order valence-electron chi connectivity index (χ0n) is 23.0. The third-order valence-electron chi connectivity index (χ3n) is 6.62. The van der Waals surface area contributed by atoms with Gasteiger partial charge in [0.2, 0.25) is 17.7 Å². The highest BCUT2D eigenvalue weighted by Gasteiger charge is 2.38. The number of hydrogen-bond acceptors (Lipinski definition) is 8. The molecule has 6 N–H and O–H groups in total. The summed E-state index contributed by atoms with van der Waals surface area (Å²) in [6.45, 7) is 4.19. The average molecular weight is 559 g/mol. The van der Waals surface area contributed by atoms with Gasteiger partial charge in [0.1, 0.15) is 12.1 Å². The number of carbonyl (C=O) groups excluding carboxylic acids is 3. The van der Waals surface area contributed by atoms with Crippen molar-refractivity contribution in [2.75, 3.05) is 20.7 Å². The van der Waals surface area contributed by atoms with Crippen LogP contribution in [-0.4, -0.2) is 107 Å². The number of likely N-dealkylation sites (tertiary alicyclic amines) is 1. The van der Waals surface area contributed by atoms with Crippen LogP contribution in [0.25, 0.3) is 0 Å². The number of rotatable bonds is 17. The SMILES string of the molecule is CN[C@H](CC(C)C)C(=O)N[C@@H](CCC(=O)O)C(=O)N1CCC[C@@H](OC)[C@H]1CCC(=O)N[C@@H](CC(=O)O)C(=O)O.